The van der Waals surface area contributed by atoms with Crippen LogP contribution in [0.5, 0.6) is 5.75 Å². The summed E-state index contributed by atoms with van der Waals surface area (Å²) in [4.78, 5) is 11.2. The third kappa shape index (κ3) is 4.25. The maximum absolute atomic E-state index is 13.9. The third-order valence-corrected chi connectivity index (χ3v) is 11.3. The second-order valence-corrected chi connectivity index (χ2v) is 14.4. The van der Waals surface area contributed by atoms with E-state index >= 15 is 0 Å². The Morgan fingerprint density at radius 2 is 1.66 bits per heavy atom. The fourth-order valence-corrected chi connectivity index (χ4v) is 10.8. The second kappa shape index (κ2) is 7.94. The molecule has 1 aromatic carbocycles. The molecule has 1 aromatic rings. The van der Waals surface area contributed by atoms with Crippen LogP contribution in [0.25, 0.3) is 0 Å². The number of nitrogens with zero attached hydrogens (tertiary/aromatic N) is 1. The first kappa shape index (κ1) is 23.4. The van der Waals surface area contributed by atoms with E-state index in [0.717, 1.165) is 4.31 Å². The predicted octanol–water partition coefficient (Wildman–Crippen LogP) is -1.03. The van der Waals surface area contributed by atoms with Crippen LogP contribution in [-0.2, 0) is 34.5 Å². The Balaban J connectivity index is 1.86. The summed E-state index contributed by atoms with van der Waals surface area (Å²) >= 11 is 0. The molecular formula is C18H25N3O8S3. The van der Waals surface area contributed by atoms with Crippen LogP contribution in [0.1, 0.15) is 13.8 Å². The molecule has 1 amide bonds. The summed E-state index contributed by atoms with van der Waals surface area (Å²) in [6.07, 6.45) is 0. The number of sulfone groups is 2. The lowest BCUT2D eigenvalue weighted by Crippen LogP contribution is -2.67. The van der Waals surface area contributed by atoms with E-state index in [-0.39, 0.29) is 34.4 Å². The molecule has 4 rings (SSSR count). The minimum atomic E-state index is -4.39. The number of amides is 1. The SMILES string of the molecule is CCOc1ccc(NC(C)=O)cc1S(=O)(=O)N1C2CS(=O)(=O)CC2NC2CS(=O)(=O)CC21. The summed E-state index contributed by atoms with van der Waals surface area (Å²) < 4.78 is 83.8. The zero-order valence-corrected chi connectivity index (χ0v) is 20.0. The molecule has 14 heteroatoms. The Morgan fingerprint density at radius 3 is 2.16 bits per heavy atom. The van der Waals surface area contributed by atoms with E-state index < -0.39 is 71.3 Å². The molecule has 0 saturated carbocycles. The molecule has 0 aliphatic carbocycles. The Hall–Kier alpha value is -1.74. The third-order valence-electron chi connectivity index (χ3n) is 5.85. The number of rotatable bonds is 5. The van der Waals surface area contributed by atoms with Crippen molar-refractivity contribution in [1.82, 2.24) is 9.62 Å². The van der Waals surface area contributed by atoms with Gasteiger partial charge in [-0.3, -0.25) is 4.79 Å². The highest BCUT2D eigenvalue weighted by Crippen LogP contribution is 2.39. The molecule has 0 bridgehead atoms. The van der Waals surface area contributed by atoms with E-state index in [9.17, 15) is 30.0 Å². The topological polar surface area (TPSA) is 156 Å². The summed E-state index contributed by atoms with van der Waals surface area (Å²) in [5.41, 5.74) is 0.223. The van der Waals surface area contributed by atoms with E-state index in [1.165, 1.54) is 25.1 Å². The van der Waals surface area contributed by atoms with Crippen molar-refractivity contribution in [2.45, 2.75) is 42.9 Å². The zero-order chi connectivity index (χ0) is 23.5. The summed E-state index contributed by atoms with van der Waals surface area (Å²) in [5, 5.41) is 5.59. The fourth-order valence-electron chi connectivity index (χ4n) is 4.73. The van der Waals surface area contributed by atoms with Crippen molar-refractivity contribution in [3.63, 3.8) is 0 Å². The number of fused-ring (bicyclic) bond motifs is 2. The van der Waals surface area contributed by atoms with E-state index in [4.69, 9.17) is 4.74 Å². The number of carbonyl (C=O) groups excluding carboxylic acids is 1. The van der Waals surface area contributed by atoms with Crippen LogP contribution >= 0.6 is 0 Å². The Morgan fingerprint density at radius 1 is 1.09 bits per heavy atom. The lowest BCUT2D eigenvalue weighted by atomic mass is 10.0. The summed E-state index contributed by atoms with van der Waals surface area (Å²) in [6.45, 7) is 3.13. The highest BCUT2D eigenvalue weighted by molar-refractivity contribution is 7.92. The highest BCUT2D eigenvalue weighted by Gasteiger charge is 2.58. The van der Waals surface area contributed by atoms with Crippen molar-refractivity contribution in [2.75, 3.05) is 34.9 Å². The van der Waals surface area contributed by atoms with Gasteiger partial charge in [0, 0.05) is 24.7 Å². The Kier molecular flexibility index (Phi) is 5.81. The quantitative estimate of drug-likeness (QED) is 0.509. The van der Waals surface area contributed by atoms with Gasteiger partial charge in [0.05, 0.1) is 41.7 Å². The smallest absolute Gasteiger partial charge is 0.247 e. The molecule has 3 heterocycles. The number of benzene rings is 1. The van der Waals surface area contributed by atoms with Crippen molar-refractivity contribution in [2.24, 2.45) is 0 Å². The van der Waals surface area contributed by atoms with Gasteiger partial charge in [-0.25, -0.2) is 25.3 Å². The van der Waals surface area contributed by atoms with E-state index in [2.05, 4.69) is 10.6 Å². The van der Waals surface area contributed by atoms with Gasteiger partial charge in [0.25, 0.3) is 0 Å². The van der Waals surface area contributed by atoms with Crippen LogP contribution < -0.4 is 15.4 Å². The van der Waals surface area contributed by atoms with Crippen molar-refractivity contribution in [3.8, 4) is 5.75 Å². The molecule has 3 aliphatic rings. The standard InChI is InChI=1S/C18H25N3O8S3/c1-3-29-17-5-4-12(19-11(2)22)6-18(17)32(27,28)21-15-9-30(23,24)7-13(15)20-14-8-31(25,26)10-16(14)21/h4-6,13-16,20H,3,7-10H2,1-2H3,(H,19,22). The van der Waals surface area contributed by atoms with Gasteiger partial charge in [0.1, 0.15) is 10.6 Å². The van der Waals surface area contributed by atoms with Gasteiger partial charge in [-0.2, -0.15) is 4.31 Å². The van der Waals surface area contributed by atoms with Crippen LogP contribution in [-0.4, -0.2) is 89.3 Å². The number of sulfonamides is 1. The first-order valence-electron chi connectivity index (χ1n) is 10.1. The van der Waals surface area contributed by atoms with Gasteiger partial charge >= 0.3 is 0 Å². The average molecular weight is 508 g/mol. The molecule has 3 saturated heterocycles. The highest BCUT2D eigenvalue weighted by atomic mass is 32.2. The molecule has 0 spiro atoms. The lowest BCUT2D eigenvalue weighted by Gasteiger charge is -2.43. The Bertz CT molecular complexity index is 1210. The fraction of sp³-hybridized carbons (Fsp3) is 0.611. The molecule has 0 radical (unpaired) electrons. The maximum Gasteiger partial charge on any atom is 0.247 e. The predicted molar refractivity (Wildman–Crippen MR) is 117 cm³/mol. The van der Waals surface area contributed by atoms with Crippen LogP contribution in [0.15, 0.2) is 23.1 Å². The number of piperazine rings is 1. The van der Waals surface area contributed by atoms with Crippen molar-refractivity contribution in [3.05, 3.63) is 18.2 Å². The van der Waals surface area contributed by atoms with Gasteiger partial charge in [-0.05, 0) is 25.1 Å². The van der Waals surface area contributed by atoms with Crippen LogP contribution in [0.4, 0.5) is 5.69 Å². The van der Waals surface area contributed by atoms with Gasteiger partial charge in [-0.1, -0.05) is 0 Å². The van der Waals surface area contributed by atoms with Crippen LogP contribution in [0.3, 0.4) is 0 Å². The zero-order valence-electron chi connectivity index (χ0n) is 17.5. The normalized spacial score (nSPS) is 30.9. The average Bonchev–Trinajstić information content (AvgIpc) is 3.11. The molecule has 3 aliphatic heterocycles. The molecule has 0 aromatic heterocycles. The molecule has 178 valence electrons. The molecule has 3 fully saturated rings. The van der Waals surface area contributed by atoms with E-state index in [0.29, 0.717) is 0 Å². The second-order valence-electron chi connectivity index (χ2n) is 8.28. The number of hydrogen-bond donors (Lipinski definition) is 2. The van der Waals surface area contributed by atoms with Crippen molar-refractivity contribution >= 4 is 41.3 Å². The number of ether oxygens (including phenoxy) is 1. The van der Waals surface area contributed by atoms with E-state index in [1.807, 2.05) is 0 Å². The molecule has 32 heavy (non-hydrogen) atoms. The summed E-state index contributed by atoms with van der Waals surface area (Å²) in [6, 6.07) is 0.846. The number of nitrogens with one attached hydrogen (secondary N) is 2. The van der Waals surface area contributed by atoms with Gasteiger partial charge < -0.3 is 15.4 Å². The van der Waals surface area contributed by atoms with Gasteiger partial charge in [0.15, 0.2) is 19.7 Å². The molecule has 4 unspecified atom stereocenters. The molecule has 4 atom stereocenters. The van der Waals surface area contributed by atoms with E-state index in [1.54, 1.807) is 6.92 Å². The van der Waals surface area contributed by atoms with Crippen molar-refractivity contribution < 1.29 is 34.8 Å². The largest absolute Gasteiger partial charge is 0.492 e. The molecular weight excluding hydrogens is 482 g/mol. The number of carbonyl (C=O) groups is 1. The number of anilines is 1. The Labute approximate surface area is 187 Å². The van der Waals surface area contributed by atoms with Crippen LogP contribution in [0, 0.1) is 0 Å². The lowest BCUT2D eigenvalue weighted by molar-refractivity contribution is -0.114. The molecule has 2 N–H and O–H groups in total. The maximum atomic E-state index is 13.9. The van der Waals surface area contributed by atoms with Crippen molar-refractivity contribution in [1.29, 1.82) is 0 Å². The number of hydrogen-bond acceptors (Lipinski definition) is 9. The van der Waals surface area contributed by atoms with Crippen LogP contribution in [0.2, 0.25) is 0 Å². The first-order valence-corrected chi connectivity index (χ1v) is 15.2. The summed E-state index contributed by atoms with van der Waals surface area (Å²) in [5.74, 6) is -1.70. The summed E-state index contributed by atoms with van der Waals surface area (Å²) in [7, 11) is -11.4. The molecule has 11 nitrogen and oxygen atoms in total. The monoisotopic (exact) mass is 507 g/mol. The minimum absolute atomic E-state index is 0.0370. The van der Waals surface area contributed by atoms with Gasteiger partial charge in [0.2, 0.25) is 15.9 Å². The minimum Gasteiger partial charge on any atom is -0.492 e. The first-order chi connectivity index (χ1) is 14.8. The van der Waals surface area contributed by atoms with Gasteiger partial charge in [-0.15, -0.1) is 0 Å².